The highest BCUT2D eigenvalue weighted by molar-refractivity contribution is 5.71. The molecular weight excluding hydrogens is 240 g/mol. The van der Waals surface area contributed by atoms with Gasteiger partial charge in [-0.25, -0.2) is 0 Å². The van der Waals surface area contributed by atoms with Gasteiger partial charge in [0.2, 0.25) is 0 Å². The molecule has 0 unspecified atom stereocenters. The number of carbonyl (C=O) groups is 1. The summed E-state index contributed by atoms with van der Waals surface area (Å²) < 4.78 is 5.13. The van der Waals surface area contributed by atoms with E-state index in [4.69, 9.17) is 4.74 Å². The van der Waals surface area contributed by atoms with Crippen LogP contribution in [0.3, 0.4) is 0 Å². The Morgan fingerprint density at radius 1 is 1.05 bits per heavy atom. The van der Waals surface area contributed by atoms with Gasteiger partial charge in [0.1, 0.15) is 0 Å². The number of hydrogen-bond donors (Lipinski definition) is 1. The molecule has 0 saturated carbocycles. The number of hydrogen-bond acceptors (Lipinski definition) is 3. The molecule has 19 heavy (non-hydrogen) atoms. The molecule has 0 aromatic heterocycles. The van der Waals surface area contributed by atoms with E-state index >= 15 is 0 Å². The molecule has 0 heterocycles. The van der Waals surface area contributed by atoms with Gasteiger partial charge in [-0.05, 0) is 22.5 Å². The summed E-state index contributed by atoms with van der Waals surface area (Å²) in [5, 5.41) is 10.3. The number of ether oxygens (including phenoxy) is 1. The molecule has 0 spiro atoms. The van der Waals surface area contributed by atoms with Crippen molar-refractivity contribution < 1.29 is 14.6 Å². The average Bonchev–Trinajstić information content (AvgIpc) is 2.16. The van der Waals surface area contributed by atoms with E-state index in [0.717, 1.165) is 11.1 Å². The van der Waals surface area contributed by atoms with Crippen molar-refractivity contribution in [3.05, 3.63) is 23.3 Å². The summed E-state index contributed by atoms with van der Waals surface area (Å²) in [7, 11) is 0. The normalized spacial score (nSPS) is 12.4. The van der Waals surface area contributed by atoms with Crippen molar-refractivity contribution in [2.45, 2.75) is 59.3 Å². The zero-order valence-electron chi connectivity index (χ0n) is 12.9. The van der Waals surface area contributed by atoms with Crippen LogP contribution < -0.4 is 4.74 Å². The van der Waals surface area contributed by atoms with E-state index in [-0.39, 0.29) is 22.3 Å². The Balaban J connectivity index is 3.52. The average molecular weight is 264 g/mol. The van der Waals surface area contributed by atoms with Gasteiger partial charge < -0.3 is 9.84 Å². The van der Waals surface area contributed by atoms with Crippen molar-refractivity contribution in [2.24, 2.45) is 0 Å². The molecule has 3 heteroatoms. The maximum atomic E-state index is 11.2. The lowest BCUT2D eigenvalue weighted by molar-refractivity contribution is -0.132. The Hall–Kier alpha value is -1.51. The van der Waals surface area contributed by atoms with E-state index in [9.17, 15) is 9.90 Å². The molecule has 1 N–H and O–H groups in total. The van der Waals surface area contributed by atoms with Crippen molar-refractivity contribution in [2.75, 3.05) is 0 Å². The van der Waals surface area contributed by atoms with Crippen LogP contribution in [0.25, 0.3) is 0 Å². The van der Waals surface area contributed by atoms with Gasteiger partial charge in [0.25, 0.3) is 0 Å². The SMILES string of the molecule is CC(=O)Oc1cc(C(C)(C)C)cc(C(C)(C)C)c1O. The largest absolute Gasteiger partial charge is 0.504 e. The predicted octanol–water partition coefficient (Wildman–Crippen LogP) is 3.91. The molecule has 1 aromatic carbocycles. The summed E-state index contributed by atoms with van der Waals surface area (Å²) in [6, 6.07) is 3.73. The number of esters is 1. The third-order valence-corrected chi connectivity index (χ3v) is 3.00. The van der Waals surface area contributed by atoms with Gasteiger partial charge in [0.05, 0.1) is 0 Å². The molecule has 3 nitrogen and oxygen atoms in total. The molecule has 106 valence electrons. The predicted molar refractivity (Wildman–Crippen MR) is 76.8 cm³/mol. The van der Waals surface area contributed by atoms with Crippen molar-refractivity contribution in [1.29, 1.82) is 0 Å². The van der Waals surface area contributed by atoms with Gasteiger partial charge >= 0.3 is 5.97 Å². The summed E-state index contributed by atoms with van der Waals surface area (Å²) in [6.07, 6.45) is 0. The summed E-state index contributed by atoms with van der Waals surface area (Å²) in [6.45, 7) is 13.7. The van der Waals surface area contributed by atoms with Gasteiger partial charge in [0.15, 0.2) is 11.5 Å². The summed E-state index contributed by atoms with van der Waals surface area (Å²) >= 11 is 0. The molecule has 0 bridgehead atoms. The minimum Gasteiger partial charge on any atom is -0.504 e. The Bertz CT molecular complexity index is 488. The molecule has 0 radical (unpaired) electrons. The minimum absolute atomic E-state index is 0.0516. The van der Waals surface area contributed by atoms with Crippen LogP contribution in [0.15, 0.2) is 12.1 Å². The fourth-order valence-electron chi connectivity index (χ4n) is 1.85. The van der Waals surface area contributed by atoms with Crippen molar-refractivity contribution >= 4 is 5.97 Å². The standard InChI is InChI=1S/C16H24O3/c1-10(17)19-13-9-11(15(2,3)4)8-12(14(13)18)16(5,6)7/h8-9,18H,1-7H3. The number of benzene rings is 1. The molecular formula is C16H24O3. The second-order valence-electron chi connectivity index (χ2n) is 6.96. The quantitative estimate of drug-likeness (QED) is 0.618. The summed E-state index contributed by atoms with van der Waals surface area (Å²) in [4.78, 5) is 11.2. The van der Waals surface area contributed by atoms with E-state index in [1.54, 1.807) is 6.07 Å². The maximum Gasteiger partial charge on any atom is 0.308 e. The summed E-state index contributed by atoms with van der Waals surface area (Å²) in [5.74, 6) is -0.137. The molecule has 0 aliphatic heterocycles. The third-order valence-electron chi connectivity index (χ3n) is 3.00. The van der Waals surface area contributed by atoms with Crippen molar-refractivity contribution in [3.8, 4) is 11.5 Å². The van der Waals surface area contributed by atoms with Crippen LogP contribution in [0.2, 0.25) is 0 Å². The highest BCUT2D eigenvalue weighted by Crippen LogP contribution is 2.41. The molecule has 0 fully saturated rings. The van der Waals surface area contributed by atoms with Crippen molar-refractivity contribution in [1.82, 2.24) is 0 Å². The second kappa shape index (κ2) is 4.87. The first-order valence-electron chi connectivity index (χ1n) is 6.49. The van der Waals surface area contributed by atoms with Crippen LogP contribution in [-0.4, -0.2) is 11.1 Å². The van der Waals surface area contributed by atoms with Gasteiger partial charge in [-0.3, -0.25) is 4.79 Å². The lowest BCUT2D eigenvalue weighted by Crippen LogP contribution is -2.17. The van der Waals surface area contributed by atoms with Gasteiger partial charge in [-0.1, -0.05) is 47.6 Å². The zero-order chi connectivity index (χ0) is 15.0. The van der Waals surface area contributed by atoms with Crippen LogP contribution in [-0.2, 0) is 15.6 Å². The zero-order valence-corrected chi connectivity index (χ0v) is 12.9. The van der Waals surface area contributed by atoms with E-state index < -0.39 is 5.97 Å². The van der Waals surface area contributed by atoms with Crippen LogP contribution >= 0.6 is 0 Å². The first-order valence-corrected chi connectivity index (χ1v) is 6.49. The number of rotatable bonds is 1. The molecule has 0 amide bonds. The molecule has 0 saturated heterocycles. The number of aromatic hydroxyl groups is 1. The molecule has 1 rings (SSSR count). The second-order valence-corrected chi connectivity index (χ2v) is 6.96. The molecule has 0 aliphatic carbocycles. The summed E-state index contributed by atoms with van der Waals surface area (Å²) in [5.41, 5.74) is 1.52. The van der Waals surface area contributed by atoms with E-state index in [1.165, 1.54) is 6.92 Å². The fourth-order valence-corrected chi connectivity index (χ4v) is 1.85. The molecule has 0 aliphatic rings. The Morgan fingerprint density at radius 2 is 1.58 bits per heavy atom. The van der Waals surface area contributed by atoms with E-state index in [2.05, 4.69) is 20.8 Å². The van der Waals surface area contributed by atoms with Crippen LogP contribution in [0.5, 0.6) is 11.5 Å². The van der Waals surface area contributed by atoms with Gasteiger partial charge in [0, 0.05) is 12.5 Å². The monoisotopic (exact) mass is 264 g/mol. The first-order chi connectivity index (χ1) is 8.43. The highest BCUT2D eigenvalue weighted by atomic mass is 16.5. The first kappa shape index (κ1) is 15.5. The van der Waals surface area contributed by atoms with Crippen molar-refractivity contribution in [3.63, 3.8) is 0 Å². The Morgan fingerprint density at radius 3 is 1.95 bits per heavy atom. The van der Waals surface area contributed by atoms with Crippen LogP contribution in [0.4, 0.5) is 0 Å². The topological polar surface area (TPSA) is 46.5 Å². The number of carbonyl (C=O) groups excluding carboxylic acids is 1. The maximum absolute atomic E-state index is 11.2. The Kier molecular flexibility index (Phi) is 3.99. The van der Waals surface area contributed by atoms with Crippen LogP contribution in [0.1, 0.15) is 59.6 Å². The Labute approximate surface area is 115 Å². The number of phenolic OH excluding ortho intramolecular Hbond substituents is 1. The molecule has 0 atom stereocenters. The lowest BCUT2D eigenvalue weighted by Gasteiger charge is -2.27. The van der Waals surface area contributed by atoms with Crippen LogP contribution in [0, 0.1) is 0 Å². The van der Waals surface area contributed by atoms with E-state index in [0.29, 0.717) is 0 Å². The third kappa shape index (κ3) is 3.72. The number of phenols is 1. The smallest absolute Gasteiger partial charge is 0.308 e. The highest BCUT2D eigenvalue weighted by Gasteiger charge is 2.26. The van der Waals surface area contributed by atoms with Gasteiger partial charge in [-0.2, -0.15) is 0 Å². The van der Waals surface area contributed by atoms with Gasteiger partial charge in [-0.15, -0.1) is 0 Å². The fraction of sp³-hybridized carbons (Fsp3) is 0.562. The minimum atomic E-state index is -0.429. The molecule has 1 aromatic rings. The van der Waals surface area contributed by atoms with E-state index in [1.807, 2.05) is 26.8 Å². The lowest BCUT2D eigenvalue weighted by atomic mass is 9.80.